The molecular weight excluding hydrogens is 205 g/mol. The lowest BCUT2D eigenvalue weighted by molar-refractivity contribution is -0.778. The fourth-order valence-electron chi connectivity index (χ4n) is 0. The molecule has 0 spiro atoms. The zero-order valence-electron chi connectivity index (χ0n) is 4.73. The first-order valence-corrected chi connectivity index (χ1v) is 3.04. The molecule has 2 nitrogen and oxygen atoms in total. The molecule has 0 rings (SSSR count). The van der Waals surface area contributed by atoms with Crippen LogP contribution in [0.15, 0.2) is 0 Å². The monoisotopic (exact) mass is 214 g/mol. The van der Waals surface area contributed by atoms with Gasteiger partial charge in [-0.3, -0.25) is 4.48 Å². The summed E-state index contributed by atoms with van der Waals surface area (Å²) in [5.41, 5.74) is 0. The molecule has 3 heteroatoms. The van der Waals surface area contributed by atoms with Gasteiger partial charge in [0.1, 0.15) is 0 Å². The normalized spacial score (nSPS) is 11.4. The molecule has 0 saturated carbocycles. The number of carbonyl (C=O) groups excluding carboxylic acids is 1. The van der Waals surface area contributed by atoms with Gasteiger partial charge < -0.3 is 0 Å². The highest BCUT2D eigenvalue weighted by Gasteiger charge is 2.14. The van der Waals surface area contributed by atoms with Gasteiger partial charge in [0.05, 0.1) is 43.7 Å². The van der Waals surface area contributed by atoms with Gasteiger partial charge in [0.15, 0.2) is 0 Å². The van der Waals surface area contributed by atoms with Crippen LogP contribution in [0.2, 0.25) is 0 Å². The Morgan fingerprint density at radius 2 is 1.57 bits per heavy atom. The number of quaternary nitrogens is 1. The Labute approximate surface area is 57.2 Å². The summed E-state index contributed by atoms with van der Waals surface area (Å²) in [5, 5.41) is 0. The van der Waals surface area contributed by atoms with E-state index in [4.69, 9.17) is 0 Å². The van der Waals surface area contributed by atoms with Crippen LogP contribution >= 0.6 is 22.6 Å². The number of nitrogens with zero attached hydrogens (tertiary/aromatic N) is 1. The van der Waals surface area contributed by atoms with Crippen molar-refractivity contribution in [2.75, 3.05) is 21.1 Å². The average Bonchev–Trinajstić information content (AvgIpc) is 1.31. The second kappa shape index (κ2) is 2.09. The summed E-state index contributed by atoms with van der Waals surface area (Å²) >= 11 is 1.78. The second-order valence-corrected chi connectivity index (χ2v) is 3.19. The SMILES string of the molecule is C[N+](C)(C)C(=O)I. The average molecular weight is 214 g/mol. The largest absolute Gasteiger partial charge is 0.372 e. The Morgan fingerprint density at radius 1 is 1.43 bits per heavy atom. The van der Waals surface area contributed by atoms with Gasteiger partial charge in [0, 0.05) is 0 Å². The van der Waals surface area contributed by atoms with E-state index < -0.39 is 0 Å². The molecule has 0 saturated heterocycles. The van der Waals surface area contributed by atoms with Gasteiger partial charge in [0.2, 0.25) is 0 Å². The van der Waals surface area contributed by atoms with Crippen molar-refractivity contribution in [2.45, 2.75) is 0 Å². The lowest BCUT2D eigenvalue weighted by Crippen LogP contribution is -2.36. The maximum atomic E-state index is 10.4. The van der Waals surface area contributed by atoms with Crippen molar-refractivity contribution < 1.29 is 9.28 Å². The van der Waals surface area contributed by atoms with Crippen LogP contribution in [-0.2, 0) is 0 Å². The third kappa shape index (κ3) is 2.99. The van der Waals surface area contributed by atoms with E-state index in [0.29, 0.717) is 4.48 Å². The van der Waals surface area contributed by atoms with E-state index in [-0.39, 0.29) is 3.91 Å². The van der Waals surface area contributed by atoms with Gasteiger partial charge in [-0.05, 0) is 0 Å². The number of hydrogen-bond donors (Lipinski definition) is 0. The van der Waals surface area contributed by atoms with Gasteiger partial charge in [0.25, 0.3) is 0 Å². The van der Waals surface area contributed by atoms with Crippen LogP contribution in [0.1, 0.15) is 0 Å². The van der Waals surface area contributed by atoms with E-state index in [1.165, 1.54) is 0 Å². The van der Waals surface area contributed by atoms with Crippen molar-refractivity contribution in [3.8, 4) is 0 Å². The first-order chi connectivity index (χ1) is 2.94. The van der Waals surface area contributed by atoms with Crippen molar-refractivity contribution in [3.63, 3.8) is 0 Å². The zero-order valence-corrected chi connectivity index (χ0v) is 6.89. The first kappa shape index (κ1) is 7.36. The van der Waals surface area contributed by atoms with Crippen molar-refractivity contribution in [1.82, 2.24) is 0 Å². The van der Waals surface area contributed by atoms with Crippen LogP contribution < -0.4 is 0 Å². The highest BCUT2D eigenvalue weighted by atomic mass is 127. The van der Waals surface area contributed by atoms with Gasteiger partial charge in [-0.2, -0.15) is 0 Å². The smallest absolute Gasteiger partial charge is 0.259 e. The van der Waals surface area contributed by atoms with E-state index in [9.17, 15) is 4.79 Å². The molecule has 0 heterocycles. The predicted molar refractivity (Wildman–Crippen MR) is 37.4 cm³/mol. The quantitative estimate of drug-likeness (QED) is 0.256. The third-order valence-electron chi connectivity index (χ3n) is 0.527. The Bertz CT molecular complexity index is 84.2. The molecule has 0 aliphatic carbocycles. The maximum Gasteiger partial charge on any atom is 0.372 e. The van der Waals surface area contributed by atoms with Gasteiger partial charge in [-0.1, -0.05) is 0 Å². The molecule has 7 heavy (non-hydrogen) atoms. The van der Waals surface area contributed by atoms with Crippen LogP contribution in [0.5, 0.6) is 0 Å². The topological polar surface area (TPSA) is 17.1 Å². The van der Waals surface area contributed by atoms with Crippen LogP contribution in [0, 0.1) is 0 Å². The molecule has 0 bridgehead atoms. The van der Waals surface area contributed by atoms with E-state index in [0.717, 1.165) is 0 Å². The molecule has 0 radical (unpaired) electrons. The Kier molecular flexibility index (Phi) is 2.19. The molecule has 0 aliphatic heterocycles. The minimum Gasteiger partial charge on any atom is -0.259 e. The fourth-order valence-corrected chi connectivity index (χ4v) is 0. The maximum absolute atomic E-state index is 10.4. The minimum absolute atomic E-state index is 0.151. The number of hydrogen-bond acceptors (Lipinski definition) is 1. The summed E-state index contributed by atoms with van der Waals surface area (Å²) in [5.74, 6) is 0. The predicted octanol–water partition coefficient (Wildman–Crippen LogP) is 1.25. The lowest BCUT2D eigenvalue weighted by Gasteiger charge is -2.15. The Morgan fingerprint density at radius 3 is 1.57 bits per heavy atom. The van der Waals surface area contributed by atoms with Crippen molar-refractivity contribution in [3.05, 3.63) is 0 Å². The Balaban J connectivity index is 3.79. The lowest BCUT2D eigenvalue weighted by atomic mass is 10.8. The van der Waals surface area contributed by atoms with E-state index in [1.807, 2.05) is 21.1 Å². The second-order valence-electron chi connectivity index (χ2n) is 2.27. The molecule has 42 valence electrons. The summed E-state index contributed by atoms with van der Waals surface area (Å²) in [6.07, 6.45) is 0. The van der Waals surface area contributed by atoms with E-state index in [2.05, 4.69) is 0 Å². The molecule has 0 fully saturated rings. The molecule has 0 N–H and O–H groups in total. The summed E-state index contributed by atoms with van der Waals surface area (Å²) < 4.78 is 0.554. The first-order valence-electron chi connectivity index (χ1n) is 1.96. The van der Waals surface area contributed by atoms with E-state index >= 15 is 0 Å². The van der Waals surface area contributed by atoms with Crippen molar-refractivity contribution >= 4 is 26.5 Å². The Hall–Kier alpha value is 0.360. The summed E-state index contributed by atoms with van der Waals surface area (Å²) in [6, 6.07) is 0. The molecule has 0 aromatic heterocycles. The molecule has 0 aromatic rings. The molecule has 0 atom stereocenters. The van der Waals surface area contributed by atoms with Crippen LogP contribution in [0.4, 0.5) is 4.79 Å². The van der Waals surface area contributed by atoms with Crippen LogP contribution in [0.25, 0.3) is 0 Å². The third-order valence-corrected chi connectivity index (χ3v) is 1.97. The fraction of sp³-hybridized carbons (Fsp3) is 0.750. The molecule has 0 aliphatic rings. The molecule has 0 unspecified atom stereocenters. The summed E-state index contributed by atoms with van der Waals surface area (Å²) in [4.78, 5) is 10.4. The standard InChI is InChI=1S/C4H9INO/c1-6(2,3)4(5)7/h1-3H3/q+1. The molecule has 0 aromatic carbocycles. The number of carbonyl (C=O) groups is 1. The highest BCUT2D eigenvalue weighted by Crippen LogP contribution is 2.00. The highest BCUT2D eigenvalue weighted by molar-refractivity contribution is 14.1. The van der Waals surface area contributed by atoms with Gasteiger partial charge in [-0.25, -0.2) is 4.79 Å². The van der Waals surface area contributed by atoms with Crippen LogP contribution in [-0.4, -0.2) is 29.5 Å². The number of amides is 1. The van der Waals surface area contributed by atoms with Crippen LogP contribution in [0.3, 0.4) is 0 Å². The van der Waals surface area contributed by atoms with Crippen molar-refractivity contribution in [1.29, 1.82) is 0 Å². The van der Waals surface area contributed by atoms with Gasteiger partial charge in [-0.15, -0.1) is 0 Å². The summed E-state index contributed by atoms with van der Waals surface area (Å²) in [6.45, 7) is 0. The van der Waals surface area contributed by atoms with Crippen molar-refractivity contribution in [2.24, 2.45) is 0 Å². The van der Waals surface area contributed by atoms with E-state index in [1.54, 1.807) is 22.6 Å². The summed E-state index contributed by atoms with van der Waals surface area (Å²) in [7, 11) is 5.53. The molecular formula is C4H9INO+. The zero-order chi connectivity index (χ0) is 6.08. The molecule has 1 amide bonds. The number of rotatable bonds is 0. The minimum atomic E-state index is 0.151. The van der Waals surface area contributed by atoms with Gasteiger partial charge >= 0.3 is 3.91 Å². The number of halogens is 1.